The van der Waals surface area contributed by atoms with Gasteiger partial charge in [0.25, 0.3) is 0 Å². The molecular formula is C15H21ClN4O. The fourth-order valence-corrected chi connectivity index (χ4v) is 2.16. The molecule has 0 spiro atoms. The van der Waals surface area contributed by atoms with Gasteiger partial charge in [-0.3, -0.25) is 9.69 Å². The van der Waals surface area contributed by atoms with Crippen LogP contribution in [0.15, 0.2) is 18.2 Å². The molecule has 0 radical (unpaired) electrons. The van der Waals surface area contributed by atoms with Crippen LogP contribution < -0.4 is 11.1 Å². The van der Waals surface area contributed by atoms with Crippen molar-refractivity contribution >= 4 is 28.9 Å². The first-order valence-corrected chi connectivity index (χ1v) is 7.24. The number of carbonyl (C=O) groups excluding carboxylic acids is 1. The zero-order chi connectivity index (χ0) is 15.8. The maximum absolute atomic E-state index is 12.1. The fourth-order valence-electron chi connectivity index (χ4n) is 1.99. The summed E-state index contributed by atoms with van der Waals surface area (Å²) in [6.07, 6.45) is 0.402. The summed E-state index contributed by atoms with van der Waals surface area (Å²) >= 11 is 6.02. The molecule has 0 fully saturated rings. The average molecular weight is 309 g/mol. The number of nitrogen functional groups attached to an aromatic ring is 1. The number of hydrogen-bond acceptors (Lipinski definition) is 4. The summed E-state index contributed by atoms with van der Waals surface area (Å²) in [5.74, 6) is 0.258. The third-order valence-corrected chi connectivity index (χ3v) is 3.12. The van der Waals surface area contributed by atoms with Crippen molar-refractivity contribution in [2.45, 2.75) is 20.3 Å². The van der Waals surface area contributed by atoms with Crippen LogP contribution >= 0.6 is 11.6 Å². The van der Waals surface area contributed by atoms with Gasteiger partial charge in [-0.05, 0) is 24.1 Å². The quantitative estimate of drug-likeness (QED) is 0.759. The predicted octanol–water partition coefficient (Wildman–Crippen LogP) is 2.73. The standard InChI is InChI=1S/C15H21ClN4O/c1-11(2)9-20(7-3-6-17)10-15(21)19-14-8-12(18)4-5-13(14)16/h4-5,8,11H,3,7,9-10,18H2,1-2H3,(H,19,21). The highest BCUT2D eigenvalue weighted by Crippen LogP contribution is 2.23. The summed E-state index contributed by atoms with van der Waals surface area (Å²) < 4.78 is 0. The van der Waals surface area contributed by atoms with Crippen molar-refractivity contribution in [3.8, 4) is 6.07 Å². The lowest BCUT2D eigenvalue weighted by atomic mass is 10.2. The van der Waals surface area contributed by atoms with Gasteiger partial charge in [0, 0.05) is 25.2 Å². The number of nitriles is 1. The first-order chi connectivity index (χ1) is 9.92. The Labute approximate surface area is 130 Å². The molecule has 0 aliphatic heterocycles. The molecule has 0 atom stereocenters. The second-order valence-corrected chi connectivity index (χ2v) is 5.73. The van der Waals surface area contributed by atoms with Gasteiger partial charge in [0.2, 0.25) is 5.91 Å². The van der Waals surface area contributed by atoms with Gasteiger partial charge in [0.05, 0.1) is 23.3 Å². The van der Waals surface area contributed by atoms with Gasteiger partial charge in [-0.25, -0.2) is 0 Å². The van der Waals surface area contributed by atoms with Crippen molar-refractivity contribution in [2.75, 3.05) is 30.7 Å². The number of anilines is 2. The number of carbonyl (C=O) groups is 1. The van der Waals surface area contributed by atoms with Crippen molar-refractivity contribution in [2.24, 2.45) is 5.92 Å². The number of rotatable bonds is 7. The zero-order valence-electron chi connectivity index (χ0n) is 12.4. The summed E-state index contributed by atoms with van der Waals surface area (Å²) in [7, 11) is 0. The van der Waals surface area contributed by atoms with Crippen LogP contribution in [-0.4, -0.2) is 30.4 Å². The Morgan fingerprint density at radius 3 is 2.86 bits per heavy atom. The molecule has 1 aromatic rings. The van der Waals surface area contributed by atoms with E-state index in [0.29, 0.717) is 35.3 Å². The van der Waals surface area contributed by atoms with Crippen LogP contribution in [-0.2, 0) is 4.79 Å². The Morgan fingerprint density at radius 2 is 2.24 bits per heavy atom. The number of amides is 1. The van der Waals surface area contributed by atoms with E-state index in [-0.39, 0.29) is 12.5 Å². The summed E-state index contributed by atoms with van der Waals surface area (Å²) in [4.78, 5) is 14.1. The molecule has 6 heteroatoms. The average Bonchev–Trinajstić information content (AvgIpc) is 2.39. The van der Waals surface area contributed by atoms with E-state index in [0.717, 1.165) is 6.54 Å². The summed E-state index contributed by atoms with van der Waals surface area (Å²) in [6, 6.07) is 7.05. The van der Waals surface area contributed by atoms with Gasteiger partial charge in [-0.2, -0.15) is 5.26 Å². The lowest BCUT2D eigenvalue weighted by Gasteiger charge is -2.22. The van der Waals surface area contributed by atoms with E-state index in [1.807, 2.05) is 4.90 Å². The van der Waals surface area contributed by atoms with E-state index in [1.165, 1.54) is 0 Å². The first-order valence-electron chi connectivity index (χ1n) is 6.86. The monoisotopic (exact) mass is 308 g/mol. The molecule has 0 aromatic heterocycles. The molecule has 0 saturated carbocycles. The Bertz CT molecular complexity index is 525. The van der Waals surface area contributed by atoms with Crippen LogP contribution in [0.5, 0.6) is 0 Å². The van der Waals surface area contributed by atoms with Gasteiger partial charge < -0.3 is 11.1 Å². The van der Waals surface area contributed by atoms with E-state index in [9.17, 15) is 4.79 Å². The van der Waals surface area contributed by atoms with Crippen LogP contribution in [0, 0.1) is 17.2 Å². The predicted molar refractivity (Wildman–Crippen MR) is 86.0 cm³/mol. The topological polar surface area (TPSA) is 82.2 Å². The Hall–Kier alpha value is -1.77. The highest BCUT2D eigenvalue weighted by Gasteiger charge is 2.13. The molecular weight excluding hydrogens is 288 g/mol. The van der Waals surface area contributed by atoms with Crippen molar-refractivity contribution in [1.29, 1.82) is 5.26 Å². The van der Waals surface area contributed by atoms with E-state index in [1.54, 1.807) is 18.2 Å². The number of hydrogen-bond donors (Lipinski definition) is 2. The van der Waals surface area contributed by atoms with Gasteiger partial charge in [0.1, 0.15) is 0 Å². The normalized spacial score (nSPS) is 10.7. The zero-order valence-corrected chi connectivity index (χ0v) is 13.2. The first kappa shape index (κ1) is 17.3. The van der Waals surface area contributed by atoms with Gasteiger partial charge >= 0.3 is 0 Å². The molecule has 5 nitrogen and oxygen atoms in total. The minimum atomic E-state index is -0.166. The maximum Gasteiger partial charge on any atom is 0.238 e. The molecule has 0 unspecified atom stereocenters. The molecule has 0 saturated heterocycles. The highest BCUT2D eigenvalue weighted by molar-refractivity contribution is 6.33. The van der Waals surface area contributed by atoms with E-state index >= 15 is 0 Å². The third-order valence-electron chi connectivity index (χ3n) is 2.79. The SMILES string of the molecule is CC(C)CN(CCC#N)CC(=O)Nc1cc(N)ccc1Cl. The molecule has 1 amide bonds. The largest absolute Gasteiger partial charge is 0.399 e. The molecule has 0 aliphatic rings. The molecule has 3 N–H and O–H groups in total. The number of nitrogens with two attached hydrogens (primary N) is 1. The van der Waals surface area contributed by atoms with Crippen LogP contribution in [0.1, 0.15) is 20.3 Å². The van der Waals surface area contributed by atoms with Crippen LogP contribution in [0.25, 0.3) is 0 Å². The number of halogens is 1. The lowest BCUT2D eigenvalue weighted by Crippen LogP contribution is -2.36. The Balaban J connectivity index is 2.64. The molecule has 0 heterocycles. The maximum atomic E-state index is 12.1. The van der Waals surface area contributed by atoms with Crippen LogP contribution in [0.4, 0.5) is 11.4 Å². The smallest absolute Gasteiger partial charge is 0.238 e. The van der Waals surface area contributed by atoms with Gasteiger partial charge in [-0.15, -0.1) is 0 Å². The number of benzene rings is 1. The summed E-state index contributed by atoms with van der Waals surface area (Å²) in [6.45, 7) is 5.72. The minimum Gasteiger partial charge on any atom is -0.399 e. The molecule has 114 valence electrons. The Kier molecular flexibility index (Phi) is 7.00. The number of nitrogens with zero attached hydrogens (tertiary/aromatic N) is 2. The second-order valence-electron chi connectivity index (χ2n) is 5.32. The molecule has 21 heavy (non-hydrogen) atoms. The van der Waals surface area contributed by atoms with Crippen molar-refractivity contribution < 1.29 is 4.79 Å². The third kappa shape index (κ3) is 6.48. The van der Waals surface area contributed by atoms with Crippen LogP contribution in [0.3, 0.4) is 0 Å². The molecule has 0 bridgehead atoms. The summed E-state index contributed by atoms with van der Waals surface area (Å²) in [5.41, 5.74) is 6.73. The van der Waals surface area contributed by atoms with Gasteiger partial charge in [-0.1, -0.05) is 25.4 Å². The molecule has 0 aliphatic carbocycles. The van der Waals surface area contributed by atoms with Crippen molar-refractivity contribution in [1.82, 2.24) is 4.90 Å². The second kappa shape index (κ2) is 8.50. The van der Waals surface area contributed by atoms with Crippen LogP contribution in [0.2, 0.25) is 5.02 Å². The van der Waals surface area contributed by atoms with Gasteiger partial charge in [0.15, 0.2) is 0 Å². The van der Waals surface area contributed by atoms with E-state index in [4.69, 9.17) is 22.6 Å². The molecule has 1 rings (SSSR count). The van der Waals surface area contributed by atoms with Crippen molar-refractivity contribution in [3.63, 3.8) is 0 Å². The van der Waals surface area contributed by atoms with Crippen molar-refractivity contribution in [3.05, 3.63) is 23.2 Å². The number of nitrogens with one attached hydrogen (secondary N) is 1. The van der Waals surface area contributed by atoms with E-state index in [2.05, 4.69) is 25.2 Å². The van der Waals surface area contributed by atoms with E-state index < -0.39 is 0 Å². The highest BCUT2D eigenvalue weighted by atomic mass is 35.5. The Morgan fingerprint density at radius 1 is 1.52 bits per heavy atom. The molecule has 1 aromatic carbocycles. The summed E-state index contributed by atoms with van der Waals surface area (Å²) in [5, 5.41) is 11.9. The minimum absolute atomic E-state index is 0.166. The fraction of sp³-hybridized carbons (Fsp3) is 0.467. The lowest BCUT2D eigenvalue weighted by molar-refractivity contribution is -0.117.